The van der Waals surface area contributed by atoms with Gasteiger partial charge in [-0.2, -0.15) is 0 Å². The van der Waals surface area contributed by atoms with Crippen LogP contribution in [-0.4, -0.2) is 27.0 Å². The van der Waals surface area contributed by atoms with Crippen LogP contribution in [0.15, 0.2) is 23.9 Å². The third-order valence-electron chi connectivity index (χ3n) is 1.17. The van der Waals surface area contributed by atoms with E-state index in [4.69, 9.17) is 10.3 Å². The number of thiocarbonyl (C=S) groups is 1. The van der Waals surface area contributed by atoms with Gasteiger partial charge >= 0.3 is 0 Å². The molecule has 4 heteroatoms. The maximum Gasteiger partial charge on any atom is 0.207 e. The van der Waals surface area contributed by atoms with E-state index in [2.05, 4.69) is 12.2 Å². The van der Waals surface area contributed by atoms with Gasteiger partial charge in [0.25, 0.3) is 0 Å². The number of aliphatic hydroxyl groups is 1. The van der Waals surface area contributed by atoms with Gasteiger partial charge in [-0.3, -0.25) is 5.21 Å². The van der Waals surface area contributed by atoms with Crippen molar-refractivity contribution in [1.82, 2.24) is 5.06 Å². The minimum atomic E-state index is -0.285. The van der Waals surface area contributed by atoms with E-state index in [0.29, 0.717) is 6.54 Å². The van der Waals surface area contributed by atoms with Gasteiger partial charge < -0.3 is 5.11 Å². The highest BCUT2D eigenvalue weighted by molar-refractivity contribution is 7.80. The van der Waals surface area contributed by atoms with Crippen molar-refractivity contribution in [3.8, 4) is 0 Å². The van der Waals surface area contributed by atoms with Gasteiger partial charge in [-0.25, -0.2) is 5.06 Å². The Labute approximate surface area is 63.8 Å². The Morgan fingerprint density at radius 3 is 2.80 bits per heavy atom. The van der Waals surface area contributed by atoms with Crippen molar-refractivity contribution < 1.29 is 10.3 Å². The van der Waals surface area contributed by atoms with Crippen LogP contribution in [-0.2, 0) is 0 Å². The molecule has 3 nitrogen and oxygen atoms in total. The van der Waals surface area contributed by atoms with Crippen LogP contribution in [0.1, 0.15) is 0 Å². The first-order valence-electron chi connectivity index (χ1n) is 2.78. The molecule has 54 valence electrons. The lowest BCUT2D eigenvalue weighted by atomic mass is 10.3. The molecule has 10 heavy (non-hydrogen) atoms. The normalized spacial score (nSPS) is 16.9. The Morgan fingerprint density at radius 2 is 2.40 bits per heavy atom. The van der Waals surface area contributed by atoms with E-state index in [1.807, 2.05) is 0 Å². The number of nitrogens with zero attached hydrogens (tertiary/aromatic N) is 1. The summed E-state index contributed by atoms with van der Waals surface area (Å²) in [5, 5.41) is 18.4. The number of hydrogen-bond acceptors (Lipinski definition) is 3. The summed E-state index contributed by atoms with van der Waals surface area (Å²) >= 11 is 4.44. The Hall–Kier alpha value is -0.870. The van der Waals surface area contributed by atoms with E-state index in [-0.39, 0.29) is 10.7 Å². The molecule has 0 fully saturated rings. The molecule has 0 amide bonds. The quantitative estimate of drug-likeness (QED) is 0.558. The van der Waals surface area contributed by atoms with E-state index < -0.39 is 0 Å². The summed E-state index contributed by atoms with van der Waals surface area (Å²) < 4.78 is 0. The van der Waals surface area contributed by atoms with E-state index in [0.717, 1.165) is 5.06 Å². The van der Waals surface area contributed by atoms with Crippen LogP contribution in [0.5, 0.6) is 0 Å². The van der Waals surface area contributed by atoms with Crippen LogP contribution in [0.25, 0.3) is 0 Å². The minimum absolute atomic E-state index is 0.275. The fraction of sp³-hybridized carbons (Fsp3) is 0.167. The van der Waals surface area contributed by atoms with Crippen LogP contribution in [0.2, 0.25) is 0 Å². The van der Waals surface area contributed by atoms with Crippen molar-refractivity contribution in [2.75, 3.05) is 6.54 Å². The Morgan fingerprint density at radius 1 is 1.70 bits per heavy atom. The molecule has 0 atom stereocenters. The molecule has 0 saturated carbocycles. The molecule has 0 saturated heterocycles. The Balaban J connectivity index is 2.80. The smallest absolute Gasteiger partial charge is 0.207 e. The highest BCUT2D eigenvalue weighted by atomic mass is 32.1. The molecule has 0 unspecified atom stereocenters. The molecule has 0 spiro atoms. The first-order valence-corrected chi connectivity index (χ1v) is 3.19. The van der Waals surface area contributed by atoms with E-state index >= 15 is 0 Å². The Kier molecular flexibility index (Phi) is 2.03. The zero-order valence-electron chi connectivity index (χ0n) is 5.19. The first kappa shape index (κ1) is 7.24. The van der Waals surface area contributed by atoms with E-state index in [9.17, 15) is 0 Å². The van der Waals surface area contributed by atoms with Crippen LogP contribution >= 0.6 is 12.2 Å². The fourth-order valence-corrected chi connectivity index (χ4v) is 0.859. The molecular formula is C6H7NO2S. The average Bonchev–Trinajstić information content (AvgIpc) is 1.88. The van der Waals surface area contributed by atoms with Crippen LogP contribution < -0.4 is 0 Å². The van der Waals surface area contributed by atoms with Crippen molar-refractivity contribution in [3.63, 3.8) is 0 Å². The molecule has 0 aromatic carbocycles. The van der Waals surface area contributed by atoms with Crippen LogP contribution in [0.4, 0.5) is 0 Å². The summed E-state index contributed by atoms with van der Waals surface area (Å²) in [6, 6.07) is 0. The highest BCUT2D eigenvalue weighted by Crippen LogP contribution is 2.07. The molecule has 1 aliphatic rings. The second-order valence-electron chi connectivity index (χ2n) is 1.87. The minimum Gasteiger partial charge on any atom is -0.497 e. The predicted molar refractivity (Wildman–Crippen MR) is 40.9 cm³/mol. The number of hydroxylamine groups is 2. The zero-order chi connectivity index (χ0) is 7.56. The van der Waals surface area contributed by atoms with Gasteiger partial charge in [-0.15, -0.1) is 0 Å². The van der Waals surface area contributed by atoms with Gasteiger partial charge in [-0.1, -0.05) is 12.2 Å². The molecular weight excluding hydrogens is 150 g/mol. The first-order chi connectivity index (χ1) is 4.72. The van der Waals surface area contributed by atoms with Crippen molar-refractivity contribution in [1.29, 1.82) is 0 Å². The summed E-state index contributed by atoms with van der Waals surface area (Å²) in [6.45, 7) is 0.368. The molecule has 2 N–H and O–H groups in total. The summed E-state index contributed by atoms with van der Waals surface area (Å²) in [5.41, 5.74) is 0.275. The number of allylic oxidation sites excluding steroid dienone is 2. The monoisotopic (exact) mass is 157 g/mol. The van der Waals surface area contributed by atoms with Gasteiger partial charge in [0, 0.05) is 0 Å². The summed E-state index contributed by atoms with van der Waals surface area (Å²) in [4.78, 5) is 0. The number of hydrogen-bond donors (Lipinski definition) is 2. The van der Waals surface area contributed by atoms with Gasteiger partial charge in [0.1, 0.15) is 5.70 Å². The molecule has 0 aromatic heterocycles. The molecule has 0 aromatic rings. The SMILES string of the molecule is OC(=S)C1=CC=CCN1O. The largest absolute Gasteiger partial charge is 0.497 e. The van der Waals surface area contributed by atoms with Gasteiger partial charge in [-0.05, 0) is 18.3 Å². The van der Waals surface area contributed by atoms with Gasteiger partial charge in [0.2, 0.25) is 5.05 Å². The van der Waals surface area contributed by atoms with Crippen molar-refractivity contribution in [3.05, 3.63) is 23.9 Å². The summed E-state index contributed by atoms with van der Waals surface area (Å²) in [5.74, 6) is 0. The third-order valence-corrected chi connectivity index (χ3v) is 1.37. The molecule has 0 radical (unpaired) electrons. The zero-order valence-corrected chi connectivity index (χ0v) is 6.01. The van der Waals surface area contributed by atoms with Gasteiger partial charge in [0.05, 0.1) is 6.54 Å². The lowest BCUT2D eigenvalue weighted by molar-refractivity contribution is -0.0396. The van der Waals surface area contributed by atoms with Crippen LogP contribution in [0, 0.1) is 0 Å². The summed E-state index contributed by atoms with van der Waals surface area (Å²) in [6.07, 6.45) is 5.03. The van der Waals surface area contributed by atoms with E-state index in [1.54, 1.807) is 18.2 Å². The molecule has 1 heterocycles. The fourth-order valence-electron chi connectivity index (χ4n) is 0.686. The maximum absolute atomic E-state index is 9.01. The topological polar surface area (TPSA) is 43.7 Å². The average molecular weight is 157 g/mol. The second kappa shape index (κ2) is 2.81. The van der Waals surface area contributed by atoms with E-state index in [1.165, 1.54) is 0 Å². The summed E-state index contributed by atoms with van der Waals surface area (Å²) in [7, 11) is 0. The third kappa shape index (κ3) is 1.34. The van der Waals surface area contributed by atoms with Gasteiger partial charge in [0.15, 0.2) is 0 Å². The predicted octanol–water partition coefficient (Wildman–Crippen LogP) is 1.02. The van der Waals surface area contributed by atoms with Crippen molar-refractivity contribution >= 4 is 17.3 Å². The Bertz CT molecular complexity index is 210. The van der Waals surface area contributed by atoms with Crippen molar-refractivity contribution in [2.45, 2.75) is 0 Å². The molecule has 1 rings (SSSR count). The number of aliphatic hydroxyl groups excluding tert-OH is 1. The maximum atomic E-state index is 9.01. The lowest BCUT2D eigenvalue weighted by Crippen LogP contribution is -2.24. The molecule has 0 bridgehead atoms. The second-order valence-corrected chi connectivity index (χ2v) is 2.25. The molecule has 1 aliphatic heterocycles. The molecule has 0 aliphatic carbocycles. The number of rotatable bonds is 1. The van der Waals surface area contributed by atoms with Crippen LogP contribution in [0.3, 0.4) is 0 Å². The van der Waals surface area contributed by atoms with Crippen molar-refractivity contribution in [2.24, 2.45) is 0 Å². The standard InChI is InChI=1S/C6H7NO2S/c8-6(10)5-3-1-2-4-7(5)9/h1-3,9H,4H2,(H,8,10). The highest BCUT2D eigenvalue weighted by Gasteiger charge is 2.10. The lowest BCUT2D eigenvalue weighted by Gasteiger charge is -2.18.